The van der Waals surface area contributed by atoms with Gasteiger partial charge >= 0.3 is 0 Å². The van der Waals surface area contributed by atoms with Crippen molar-refractivity contribution in [3.05, 3.63) is 53.6 Å². The highest BCUT2D eigenvalue weighted by Gasteiger charge is 2.06. The number of halogens is 2. The van der Waals surface area contributed by atoms with Gasteiger partial charge in [0.1, 0.15) is 6.07 Å². The Morgan fingerprint density at radius 2 is 1.59 bits per heavy atom. The molecule has 0 fully saturated rings. The maximum absolute atomic E-state index is 13.1. The highest BCUT2D eigenvalue weighted by molar-refractivity contribution is 5.69. The Hall–Kier alpha value is -2.41. The third-order valence-corrected chi connectivity index (χ3v) is 2.43. The Morgan fingerprint density at radius 1 is 0.941 bits per heavy atom. The summed E-state index contributed by atoms with van der Waals surface area (Å²) in [5.74, 6) is -1.82. The normalized spacial score (nSPS) is 9.94. The Labute approximate surface area is 96.9 Å². The lowest BCUT2D eigenvalue weighted by Gasteiger charge is -2.04. The number of nitriles is 1. The summed E-state index contributed by atoms with van der Waals surface area (Å²) in [5, 5.41) is 8.82. The Bertz CT molecular complexity index is 615. The van der Waals surface area contributed by atoms with Crippen molar-refractivity contribution in [3.63, 3.8) is 0 Å². The summed E-state index contributed by atoms with van der Waals surface area (Å²) in [7, 11) is 0. The van der Waals surface area contributed by atoms with Crippen LogP contribution < -0.4 is 5.73 Å². The summed E-state index contributed by atoms with van der Waals surface area (Å²) in [6.07, 6.45) is 0. The summed E-state index contributed by atoms with van der Waals surface area (Å²) < 4.78 is 25.8. The van der Waals surface area contributed by atoms with Crippen molar-refractivity contribution in [1.29, 1.82) is 5.26 Å². The minimum absolute atomic E-state index is 0.312. The molecule has 0 aliphatic heterocycles. The van der Waals surface area contributed by atoms with E-state index in [4.69, 9.17) is 11.0 Å². The fraction of sp³-hybridized carbons (Fsp3) is 0. The van der Waals surface area contributed by atoms with E-state index in [0.717, 1.165) is 12.1 Å². The first kappa shape index (κ1) is 11.1. The predicted molar refractivity (Wildman–Crippen MR) is 60.9 cm³/mol. The van der Waals surface area contributed by atoms with Gasteiger partial charge in [-0.2, -0.15) is 5.26 Å². The molecule has 0 heterocycles. The second kappa shape index (κ2) is 4.22. The van der Waals surface area contributed by atoms with Gasteiger partial charge in [-0.15, -0.1) is 0 Å². The lowest BCUT2D eigenvalue weighted by atomic mass is 10.0. The van der Waals surface area contributed by atoms with Crippen LogP contribution in [0, 0.1) is 23.0 Å². The van der Waals surface area contributed by atoms with Crippen molar-refractivity contribution in [2.45, 2.75) is 0 Å². The Kier molecular flexibility index (Phi) is 2.75. The minimum Gasteiger partial charge on any atom is -0.398 e. The second-order valence-electron chi connectivity index (χ2n) is 3.54. The minimum atomic E-state index is -0.919. The molecule has 2 aromatic rings. The van der Waals surface area contributed by atoms with Crippen LogP contribution in [0.3, 0.4) is 0 Å². The van der Waals surface area contributed by atoms with E-state index in [0.29, 0.717) is 22.4 Å². The molecule has 0 aromatic heterocycles. The van der Waals surface area contributed by atoms with Crippen LogP contribution in [0.5, 0.6) is 0 Å². The van der Waals surface area contributed by atoms with Crippen LogP contribution in [0.25, 0.3) is 11.1 Å². The van der Waals surface area contributed by atoms with Crippen molar-refractivity contribution in [3.8, 4) is 17.2 Å². The van der Waals surface area contributed by atoms with Crippen LogP contribution in [-0.4, -0.2) is 0 Å². The van der Waals surface area contributed by atoms with Gasteiger partial charge in [-0.25, -0.2) is 8.78 Å². The number of nitrogen functional groups attached to an aromatic ring is 1. The highest BCUT2D eigenvalue weighted by atomic mass is 19.2. The number of nitrogens with zero attached hydrogens (tertiary/aromatic N) is 1. The average Bonchev–Trinajstić information content (AvgIpc) is 2.33. The Morgan fingerprint density at radius 3 is 2.24 bits per heavy atom. The molecular weight excluding hydrogens is 222 g/mol. The SMILES string of the molecule is N#Cc1cc(-c2ccc(F)c(F)c2)ccc1N. The van der Waals surface area contributed by atoms with Crippen LogP contribution >= 0.6 is 0 Å². The molecule has 0 bridgehead atoms. The van der Waals surface area contributed by atoms with E-state index in [1.165, 1.54) is 6.07 Å². The van der Waals surface area contributed by atoms with Crippen molar-refractivity contribution >= 4 is 5.69 Å². The van der Waals surface area contributed by atoms with Gasteiger partial charge in [0.15, 0.2) is 11.6 Å². The molecule has 0 unspecified atom stereocenters. The third-order valence-electron chi connectivity index (χ3n) is 2.43. The van der Waals surface area contributed by atoms with Gasteiger partial charge in [-0.1, -0.05) is 12.1 Å². The quantitative estimate of drug-likeness (QED) is 0.765. The monoisotopic (exact) mass is 230 g/mol. The summed E-state index contributed by atoms with van der Waals surface area (Å²) in [4.78, 5) is 0. The second-order valence-corrected chi connectivity index (χ2v) is 3.54. The van der Waals surface area contributed by atoms with Gasteiger partial charge in [0.25, 0.3) is 0 Å². The van der Waals surface area contributed by atoms with Crippen LogP contribution in [0.15, 0.2) is 36.4 Å². The number of hydrogen-bond acceptors (Lipinski definition) is 2. The summed E-state index contributed by atoms with van der Waals surface area (Å²) in [6.45, 7) is 0. The first-order valence-electron chi connectivity index (χ1n) is 4.87. The van der Waals surface area contributed by atoms with E-state index < -0.39 is 11.6 Å². The molecule has 84 valence electrons. The zero-order valence-electron chi connectivity index (χ0n) is 8.74. The van der Waals surface area contributed by atoms with Crippen LogP contribution in [-0.2, 0) is 0 Å². The van der Waals surface area contributed by atoms with Gasteiger partial charge in [0.2, 0.25) is 0 Å². The summed E-state index contributed by atoms with van der Waals surface area (Å²) >= 11 is 0. The molecule has 2 aromatic carbocycles. The predicted octanol–water partition coefficient (Wildman–Crippen LogP) is 3.09. The molecule has 0 radical (unpaired) electrons. The largest absolute Gasteiger partial charge is 0.398 e. The molecule has 2 N–H and O–H groups in total. The number of hydrogen-bond donors (Lipinski definition) is 1. The van der Waals surface area contributed by atoms with Gasteiger partial charge in [-0.05, 0) is 35.4 Å². The van der Waals surface area contributed by atoms with Crippen molar-refractivity contribution in [1.82, 2.24) is 0 Å². The standard InChI is InChI=1S/C13H8F2N2/c14-11-3-1-9(6-12(11)15)8-2-4-13(17)10(5-8)7-16/h1-6H,17H2. The molecule has 0 amide bonds. The zero-order valence-corrected chi connectivity index (χ0v) is 8.74. The van der Waals surface area contributed by atoms with Crippen molar-refractivity contribution < 1.29 is 8.78 Å². The van der Waals surface area contributed by atoms with Crippen LogP contribution in [0.1, 0.15) is 5.56 Å². The maximum atomic E-state index is 13.1. The van der Waals surface area contributed by atoms with E-state index in [-0.39, 0.29) is 0 Å². The van der Waals surface area contributed by atoms with Gasteiger partial charge < -0.3 is 5.73 Å². The molecule has 2 nitrogen and oxygen atoms in total. The average molecular weight is 230 g/mol. The first-order chi connectivity index (χ1) is 8.11. The van der Waals surface area contributed by atoms with E-state index in [9.17, 15) is 8.78 Å². The van der Waals surface area contributed by atoms with Crippen LogP contribution in [0.2, 0.25) is 0 Å². The van der Waals surface area contributed by atoms with E-state index in [1.807, 2.05) is 6.07 Å². The number of rotatable bonds is 1. The summed E-state index contributed by atoms with van der Waals surface area (Å²) in [6, 6.07) is 10.3. The highest BCUT2D eigenvalue weighted by Crippen LogP contribution is 2.24. The Balaban J connectivity index is 2.54. The maximum Gasteiger partial charge on any atom is 0.159 e. The first-order valence-corrected chi connectivity index (χ1v) is 4.87. The molecule has 0 saturated carbocycles. The molecule has 2 rings (SSSR count). The lowest BCUT2D eigenvalue weighted by molar-refractivity contribution is 0.509. The van der Waals surface area contributed by atoms with Gasteiger partial charge in [0.05, 0.1) is 5.56 Å². The fourth-order valence-electron chi connectivity index (χ4n) is 1.51. The van der Waals surface area contributed by atoms with Gasteiger partial charge in [0, 0.05) is 5.69 Å². The van der Waals surface area contributed by atoms with Crippen molar-refractivity contribution in [2.75, 3.05) is 5.73 Å². The molecule has 0 spiro atoms. The van der Waals surface area contributed by atoms with E-state index >= 15 is 0 Å². The number of anilines is 1. The van der Waals surface area contributed by atoms with Crippen molar-refractivity contribution in [2.24, 2.45) is 0 Å². The molecule has 0 aliphatic carbocycles. The molecule has 4 heteroatoms. The number of nitrogens with two attached hydrogens (primary N) is 1. The van der Waals surface area contributed by atoms with Crippen LogP contribution in [0.4, 0.5) is 14.5 Å². The number of benzene rings is 2. The molecule has 0 saturated heterocycles. The van der Waals surface area contributed by atoms with Gasteiger partial charge in [-0.3, -0.25) is 0 Å². The topological polar surface area (TPSA) is 49.8 Å². The summed E-state index contributed by atoms with van der Waals surface area (Å²) in [5.41, 5.74) is 7.37. The zero-order chi connectivity index (χ0) is 12.4. The van der Waals surface area contributed by atoms with E-state index in [2.05, 4.69) is 0 Å². The van der Waals surface area contributed by atoms with E-state index in [1.54, 1.807) is 18.2 Å². The third kappa shape index (κ3) is 2.08. The molecule has 0 atom stereocenters. The molecule has 0 aliphatic rings. The molecular formula is C13H8F2N2. The fourth-order valence-corrected chi connectivity index (χ4v) is 1.51. The lowest BCUT2D eigenvalue weighted by Crippen LogP contribution is -1.91. The molecule has 17 heavy (non-hydrogen) atoms. The smallest absolute Gasteiger partial charge is 0.159 e.